The Morgan fingerprint density at radius 3 is 2.29 bits per heavy atom. The minimum absolute atomic E-state index is 0.0564. The number of rotatable bonds is 2. The second-order valence-electron chi connectivity index (χ2n) is 7.34. The van der Waals surface area contributed by atoms with Gasteiger partial charge in [0.05, 0.1) is 10.9 Å². The van der Waals surface area contributed by atoms with Gasteiger partial charge in [0.15, 0.2) is 0 Å². The zero-order chi connectivity index (χ0) is 18.1. The lowest BCUT2D eigenvalue weighted by atomic mass is 9.90. The van der Waals surface area contributed by atoms with Crippen molar-refractivity contribution in [1.29, 1.82) is 0 Å². The van der Waals surface area contributed by atoms with Crippen molar-refractivity contribution in [2.24, 2.45) is 5.92 Å². The van der Waals surface area contributed by atoms with Gasteiger partial charge in [-0.15, -0.1) is 0 Å². The van der Waals surface area contributed by atoms with E-state index < -0.39 is 14.7 Å². The SMILES string of the molecule is C[C@H]1CC[C@H](c2ccc(S(=O)(=O)Cl)cc2)N(C(=O)OC(C)(C)C)C1. The van der Waals surface area contributed by atoms with Gasteiger partial charge in [0.25, 0.3) is 9.05 Å². The first-order valence-corrected chi connectivity index (χ1v) is 10.3. The van der Waals surface area contributed by atoms with Crippen molar-refractivity contribution in [2.75, 3.05) is 6.54 Å². The van der Waals surface area contributed by atoms with E-state index in [-0.39, 0.29) is 17.0 Å². The smallest absolute Gasteiger partial charge is 0.410 e. The van der Waals surface area contributed by atoms with E-state index in [1.165, 1.54) is 12.1 Å². The highest BCUT2D eigenvalue weighted by Gasteiger charge is 2.33. The van der Waals surface area contributed by atoms with Crippen LogP contribution < -0.4 is 0 Å². The summed E-state index contributed by atoms with van der Waals surface area (Å²) in [4.78, 5) is 14.4. The second-order valence-corrected chi connectivity index (χ2v) is 9.90. The summed E-state index contributed by atoms with van der Waals surface area (Å²) in [5.41, 5.74) is 0.329. The first kappa shape index (κ1) is 19.1. The van der Waals surface area contributed by atoms with Crippen molar-refractivity contribution in [3.63, 3.8) is 0 Å². The molecule has 0 unspecified atom stereocenters. The molecule has 24 heavy (non-hydrogen) atoms. The quantitative estimate of drug-likeness (QED) is 0.724. The number of piperidine rings is 1. The van der Waals surface area contributed by atoms with E-state index in [9.17, 15) is 13.2 Å². The minimum Gasteiger partial charge on any atom is -0.444 e. The maximum Gasteiger partial charge on any atom is 0.410 e. The van der Waals surface area contributed by atoms with Crippen molar-refractivity contribution in [2.45, 2.75) is 57.1 Å². The average Bonchev–Trinajstić information content (AvgIpc) is 2.44. The molecule has 0 aliphatic carbocycles. The highest BCUT2D eigenvalue weighted by Crippen LogP contribution is 2.35. The number of carbonyl (C=O) groups excluding carboxylic acids is 1. The Morgan fingerprint density at radius 2 is 1.79 bits per heavy atom. The lowest BCUT2D eigenvalue weighted by molar-refractivity contribution is 0.00363. The lowest BCUT2D eigenvalue weighted by Crippen LogP contribution is -2.44. The Labute approximate surface area is 148 Å². The zero-order valence-corrected chi connectivity index (χ0v) is 16.0. The predicted molar refractivity (Wildman–Crippen MR) is 93.6 cm³/mol. The summed E-state index contributed by atoms with van der Waals surface area (Å²) in [6.45, 7) is 8.25. The first-order chi connectivity index (χ1) is 11.0. The number of nitrogens with zero attached hydrogens (tertiary/aromatic N) is 1. The number of ether oxygens (including phenoxy) is 1. The van der Waals surface area contributed by atoms with Crippen molar-refractivity contribution in [3.8, 4) is 0 Å². The second kappa shape index (κ2) is 6.92. The maximum atomic E-state index is 12.6. The summed E-state index contributed by atoms with van der Waals surface area (Å²) in [6, 6.07) is 6.26. The molecular formula is C17H24ClNO4S. The molecule has 0 aromatic heterocycles. The molecule has 1 heterocycles. The fraction of sp³-hybridized carbons (Fsp3) is 0.588. The van der Waals surface area contributed by atoms with Crippen LogP contribution in [0.25, 0.3) is 0 Å². The van der Waals surface area contributed by atoms with Crippen molar-refractivity contribution < 1.29 is 17.9 Å². The molecule has 2 rings (SSSR count). The molecule has 1 saturated heterocycles. The van der Waals surface area contributed by atoms with E-state index in [1.807, 2.05) is 20.8 Å². The molecular weight excluding hydrogens is 350 g/mol. The molecule has 1 aliphatic rings. The van der Waals surface area contributed by atoms with Gasteiger partial charge in [-0.3, -0.25) is 0 Å². The fourth-order valence-electron chi connectivity index (χ4n) is 2.87. The standard InChI is InChI=1S/C17H24ClNO4S/c1-12-5-10-15(19(11-12)16(20)23-17(2,3)4)13-6-8-14(9-7-13)24(18,21)22/h6-9,12,15H,5,10-11H2,1-4H3/t12-,15+/m0/s1. The lowest BCUT2D eigenvalue weighted by Gasteiger charge is -2.39. The molecule has 5 nitrogen and oxygen atoms in total. The molecule has 1 aliphatic heterocycles. The van der Waals surface area contributed by atoms with Gasteiger partial charge in [-0.25, -0.2) is 13.2 Å². The molecule has 0 spiro atoms. The Balaban J connectivity index is 2.26. The van der Waals surface area contributed by atoms with Gasteiger partial charge in [-0.2, -0.15) is 0 Å². The van der Waals surface area contributed by atoms with Gasteiger partial charge in [0.1, 0.15) is 5.60 Å². The van der Waals surface area contributed by atoms with Gasteiger partial charge >= 0.3 is 6.09 Å². The number of halogens is 1. The molecule has 2 atom stereocenters. The zero-order valence-electron chi connectivity index (χ0n) is 14.5. The van der Waals surface area contributed by atoms with Gasteiger partial charge in [0, 0.05) is 17.2 Å². The van der Waals surface area contributed by atoms with Crippen LogP contribution in [-0.4, -0.2) is 31.6 Å². The van der Waals surface area contributed by atoms with Gasteiger partial charge in [-0.1, -0.05) is 19.1 Å². The Morgan fingerprint density at radius 1 is 1.21 bits per heavy atom. The Bertz CT molecular complexity index is 694. The molecule has 7 heteroatoms. The van der Waals surface area contributed by atoms with Crippen LogP contribution in [0.5, 0.6) is 0 Å². The van der Waals surface area contributed by atoms with Crippen LogP contribution in [0, 0.1) is 5.92 Å². The normalized spacial score (nSPS) is 22.3. The van der Waals surface area contributed by atoms with Gasteiger partial charge in [0.2, 0.25) is 0 Å². The largest absolute Gasteiger partial charge is 0.444 e. The van der Waals surface area contributed by atoms with E-state index >= 15 is 0 Å². The number of likely N-dealkylation sites (tertiary alicyclic amines) is 1. The van der Waals surface area contributed by atoms with Crippen LogP contribution in [0.3, 0.4) is 0 Å². The number of hydrogen-bond donors (Lipinski definition) is 0. The van der Waals surface area contributed by atoms with E-state index in [2.05, 4.69) is 6.92 Å². The number of carbonyl (C=O) groups is 1. The molecule has 1 aromatic carbocycles. The van der Waals surface area contributed by atoms with E-state index in [0.29, 0.717) is 12.5 Å². The average molecular weight is 374 g/mol. The summed E-state index contributed by atoms with van der Waals surface area (Å²) >= 11 is 0. The molecule has 0 saturated carbocycles. The fourth-order valence-corrected chi connectivity index (χ4v) is 3.64. The van der Waals surface area contributed by atoms with Crippen LogP contribution in [0.1, 0.15) is 52.1 Å². The van der Waals surface area contributed by atoms with Crippen molar-refractivity contribution in [3.05, 3.63) is 29.8 Å². The predicted octanol–water partition coefficient (Wildman–Crippen LogP) is 4.32. The van der Waals surface area contributed by atoms with E-state index in [1.54, 1.807) is 17.0 Å². The molecule has 1 fully saturated rings. The molecule has 1 aromatic rings. The third kappa shape index (κ3) is 4.86. The van der Waals surface area contributed by atoms with Crippen LogP contribution in [-0.2, 0) is 13.8 Å². The van der Waals surface area contributed by atoms with Crippen molar-refractivity contribution in [1.82, 2.24) is 4.90 Å². The van der Waals surface area contributed by atoms with Crippen molar-refractivity contribution >= 4 is 25.8 Å². The van der Waals surface area contributed by atoms with Gasteiger partial charge in [-0.05, 0) is 57.2 Å². The van der Waals surface area contributed by atoms with E-state index in [4.69, 9.17) is 15.4 Å². The Kier molecular flexibility index (Phi) is 5.50. The summed E-state index contributed by atoms with van der Waals surface area (Å²) in [7, 11) is 1.61. The van der Waals surface area contributed by atoms with E-state index in [0.717, 1.165) is 18.4 Å². The third-order valence-electron chi connectivity index (χ3n) is 3.99. The number of amides is 1. The highest BCUT2D eigenvalue weighted by atomic mass is 35.7. The maximum absolute atomic E-state index is 12.6. The molecule has 1 amide bonds. The summed E-state index contributed by atoms with van der Waals surface area (Å²) in [5, 5.41) is 0. The van der Waals surface area contributed by atoms with Crippen LogP contribution in [0.4, 0.5) is 4.79 Å². The number of hydrogen-bond acceptors (Lipinski definition) is 4. The van der Waals surface area contributed by atoms with Crippen LogP contribution in [0.2, 0.25) is 0 Å². The van der Waals surface area contributed by atoms with Crippen LogP contribution >= 0.6 is 10.7 Å². The first-order valence-electron chi connectivity index (χ1n) is 8.01. The minimum atomic E-state index is -3.75. The highest BCUT2D eigenvalue weighted by molar-refractivity contribution is 8.13. The number of benzene rings is 1. The third-order valence-corrected chi connectivity index (χ3v) is 5.36. The molecule has 0 bridgehead atoms. The van der Waals surface area contributed by atoms with Gasteiger partial charge < -0.3 is 9.64 Å². The monoisotopic (exact) mass is 373 g/mol. The summed E-state index contributed by atoms with van der Waals surface area (Å²) in [6.07, 6.45) is 1.47. The summed E-state index contributed by atoms with van der Waals surface area (Å²) < 4.78 is 28.3. The molecule has 134 valence electrons. The summed E-state index contributed by atoms with van der Waals surface area (Å²) in [5.74, 6) is 0.399. The molecule has 0 N–H and O–H groups in total. The van der Waals surface area contributed by atoms with Crippen LogP contribution in [0.15, 0.2) is 29.2 Å². The molecule has 0 radical (unpaired) electrons. The topological polar surface area (TPSA) is 63.7 Å². The Hall–Kier alpha value is -1.27.